The summed E-state index contributed by atoms with van der Waals surface area (Å²) in [6.07, 6.45) is 0. The van der Waals surface area contributed by atoms with Crippen molar-refractivity contribution in [1.82, 2.24) is 0 Å². The second kappa shape index (κ2) is 5.02. The van der Waals surface area contributed by atoms with Crippen molar-refractivity contribution in [3.8, 4) is 5.75 Å². The summed E-state index contributed by atoms with van der Waals surface area (Å²) in [5.74, 6) is -3.45. The molecular formula is C19H12BrO5-. The summed E-state index contributed by atoms with van der Waals surface area (Å²) < 4.78 is 6.02. The number of hydrogen-bond donors (Lipinski definition) is 0. The fourth-order valence-corrected chi connectivity index (χ4v) is 4.37. The van der Waals surface area contributed by atoms with E-state index in [2.05, 4.69) is 15.9 Å². The molecule has 0 N–H and O–H groups in total. The molecule has 0 radical (unpaired) electrons. The van der Waals surface area contributed by atoms with Crippen LogP contribution in [-0.2, 0) is 9.59 Å². The van der Waals surface area contributed by atoms with Crippen LogP contribution in [0.2, 0.25) is 0 Å². The van der Waals surface area contributed by atoms with Gasteiger partial charge in [0.25, 0.3) is 0 Å². The number of Topliss-reactive ketones (excluding diaryl/α,β-unsaturated/α-hetero) is 1. The van der Waals surface area contributed by atoms with Gasteiger partial charge in [-0.2, -0.15) is 0 Å². The van der Waals surface area contributed by atoms with Gasteiger partial charge in [0.1, 0.15) is 11.2 Å². The molecule has 25 heavy (non-hydrogen) atoms. The first kappa shape index (κ1) is 16.0. The molecule has 1 saturated carbocycles. The third kappa shape index (κ3) is 1.80. The van der Waals surface area contributed by atoms with Crippen molar-refractivity contribution in [2.45, 2.75) is 12.8 Å². The molecule has 0 spiro atoms. The summed E-state index contributed by atoms with van der Waals surface area (Å²) in [4.78, 5) is 37.7. The van der Waals surface area contributed by atoms with Crippen molar-refractivity contribution in [3.63, 3.8) is 0 Å². The normalized spacial score (nSPS) is 29.2. The minimum absolute atomic E-state index is 0.293. The molecule has 2 aliphatic rings. The van der Waals surface area contributed by atoms with Crippen LogP contribution in [0.5, 0.6) is 5.75 Å². The molecule has 0 unspecified atom stereocenters. The summed E-state index contributed by atoms with van der Waals surface area (Å²) in [5.41, 5.74) is -2.57. The quantitative estimate of drug-likeness (QED) is 0.341. The first-order valence-electron chi connectivity index (χ1n) is 7.68. The Kier molecular flexibility index (Phi) is 3.22. The molecule has 3 atom stereocenters. The Balaban J connectivity index is 1.90. The summed E-state index contributed by atoms with van der Waals surface area (Å²) in [7, 11) is 0. The van der Waals surface area contributed by atoms with Crippen LogP contribution < -0.4 is 9.84 Å². The van der Waals surface area contributed by atoms with Gasteiger partial charge in [0.15, 0.2) is 5.78 Å². The summed E-state index contributed by atoms with van der Waals surface area (Å²) in [5, 5.41) is 12.0. The van der Waals surface area contributed by atoms with Gasteiger partial charge in [0.05, 0.1) is 11.4 Å². The van der Waals surface area contributed by atoms with E-state index >= 15 is 0 Å². The Morgan fingerprint density at radius 2 is 1.76 bits per heavy atom. The van der Waals surface area contributed by atoms with Gasteiger partial charge < -0.3 is 14.6 Å². The third-order valence-corrected chi connectivity index (χ3v) is 5.93. The lowest BCUT2D eigenvalue weighted by Crippen LogP contribution is -2.46. The molecule has 2 aromatic rings. The van der Waals surface area contributed by atoms with Crippen LogP contribution in [0.15, 0.2) is 53.0 Å². The maximum absolute atomic E-state index is 13.2. The second-order valence-corrected chi connectivity index (χ2v) is 7.41. The number of hydrogen-bond acceptors (Lipinski definition) is 5. The van der Waals surface area contributed by atoms with E-state index in [9.17, 15) is 19.5 Å². The largest absolute Gasteiger partial charge is 0.549 e. The summed E-state index contributed by atoms with van der Waals surface area (Å²) in [6, 6.07) is 13.3. The number of rotatable bonds is 3. The smallest absolute Gasteiger partial charge is 0.324 e. The molecule has 6 heteroatoms. The van der Waals surface area contributed by atoms with Gasteiger partial charge in [-0.1, -0.05) is 53.2 Å². The highest BCUT2D eigenvalue weighted by atomic mass is 79.9. The highest BCUT2D eigenvalue weighted by Gasteiger charge is 2.85. The Morgan fingerprint density at radius 3 is 2.40 bits per heavy atom. The Morgan fingerprint density at radius 1 is 1.12 bits per heavy atom. The Hall–Kier alpha value is -2.47. The van der Waals surface area contributed by atoms with E-state index in [1.54, 1.807) is 48.5 Å². The van der Waals surface area contributed by atoms with Crippen LogP contribution in [0.1, 0.15) is 28.8 Å². The molecule has 0 aromatic heterocycles. The van der Waals surface area contributed by atoms with Crippen LogP contribution in [0.3, 0.4) is 0 Å². The van der Waals surface area contributed by atoms with Crippen molar-refractivity contribution >= 4 is 33.7 Å². The number of aliphatic carboxylic acids is 1. The van der Waals surface area contributed by atoms with E-state index in [4.69, 9.17) is 4.74 Å². The Bertz CT molecular complexity index is 935. The van der Waals surface area contributed by atoms with Gasteiger partial charge in [-0.15, -0.1) is 0 Å². The molecule has 0 bridgehead atoms. The molecule has 4 rings (SSSR count). The van der Waals surface area contributed by atoms with E-state index in [-0.39, 0.29) is 0 Å². The first-order valence-corrected chi connectivity index (χ1v) is 8.47. The number of benzene rings is 2. The predicted octanol–water partition coefficient (Wildman–Crippen LogP) is 2.09. The number of halogens is 1. The van der Waals surface area contributed by atoms with Crippen LogP contribution in [0.25, 0.3) is 0 Å². The predicted molar refractivity (Wildman–Crippen MR) is 88.8 cm³/mol. The SMILES string of the molecule is C[C@]1(C(=O)c2ccc(Br)cc2)[C@@H]2c3ccccc3OC(=O)[C@@]21C(=O)[O-]. The average Bonchev–Trinajstić information content (AvgIpc) is 3.19. The fourth-order valence-electron chi connectivity index (χ4n) is 4.11. The van der Waals surface area contributed by atoms with Gasteiger partial charge in [-0.05, 0) is 18.2 Å². The monoisotopic (exact) mass is 399 g/mol. The Labute approximate surface area is 151 Å². The number of carbonyl (C=O) groups excluding carboxylic acids is 3. The van der Waals surface area contributed by atoms with Gasteiger partial charge in [0, 0.05) is 21.5 Å². The number of carboxylic acid groups (broad SMARTS) is 1. The molecule has 1 heterocycles. The number of carbonyl (C=O) groups is 3. The van der Waals surface area contributed by atoms with Crippen LogP contribution in [0.4, 0.5) is 0 Å². The highest BCUT2D eigenvalue weighted by molar-refractivity contribution is 9.10. The minimum Gasteiger partial charge on any atom is -0.549 e. The molecular weight excluding hydrogens is 388 g/mol. The first-order chi connectivity index (χ1) is 11.8. The number of ether oxygens (including phenoxy) is 1. The lowest BCUT2D eigenvalue weighted by molar-refractivity contribution is -0.313. The van der Waals surface area contributed by atoms with Crippen molar-refractivity contribution in [2.75, 3.05) is 0 Å². The van der Waals surface area contributed by atoms with Crippen molar-refractivity contribution in [1.29, 1.82) is 0 Å². The van der Waals surface area contributed by atoms with E-state index in [0.29, 0.717) is 16.9 Å². The minimum atomic E-state index is -1.99. The number of para-hydroxylation sites is 1. The maximum atomic E-state index is 13.2. The molecule has 5 nitrogen and oxygen atoms in total. The molecule has 1 fully saturated rings. The van der Waals surface area contributed by atoms with Crippen molar-refractivity contribution in [3.05, 3.63) is 64.1 Å². The van der Waals surface area contributed by atoms with Crippen LogP contribution in [-0.4, -0.2) is 17.7 Å². The third-order valence-electron chi connectivity index (χ3n) is 5.40. The molecule has 1 aliphatic carbocycles. The molecule has 2 aromatic carbocycles. The molecule has 1 aliphatic heterocycles. The standard InChI is InChI=1S/C19H13BrO5/c1-18(15(21)10-6-8-11(20)9-7-10)14-12-4-2-3-5-13(12)25-17(24)19(14,18)16(22)23/h2-9,14H,1H3,(H,22,23)/p-1/t14-,18+,19-/m0/s1. The zero-order chi connectivity index (χ0) is 18.0. The number of esters is 1. The number of ketones is 1. The topological polar surface area (TPSA) is 83.5 Å². The van der Waals surface area contributed by atoms with Crippen LogP contribution >= 0.6 is 15.9 Å². The number of fused-ring (bicyclic) bond motifs is 3. The summed E-state index contributed by atoms with van der Waals surface area (Å²) >= 11 is 3.30. The molecule has 126 valence electrons. The van der Waals surface area contributed by atoms with Crippen molar-refractivity contribution in [2.24, 2.45) is 10.8 Å². The summed E-state index contributed by atoms with van der Waals surface area (Å²) in [6.45, 7) is 1.50. The fraction of sp³-hybridized carbons (Fsp3) is 0.211. The van der Waals surface area contributed by atoms with Gasteiger partial charge in [-0.25, -0.2) is 0 Å². The van der Waals surface area contributed by atoms with Gasteiger partial charge >= 0.3 is 5.97 Å². The number of carboxylic acids is 1. The van der Waals surface area contributed by atoms with E-state index < -0.39 is 34.5 Å². The van der Waals surface area contributed by atoms with Crippen LogP contribution in [0, 0.1) is 10.8 Å². The van der Waals surface area contributed by atoms with Crippen molar-refractivity contribution < 1.29 is 24.2 Å². The van der Waals surface area contributed by atoms with Gasteiger partial charge in [-0.3, -0.25) is 9.59 Å². The zero-order valence-electron chi connectivity index (χ0n) is 13.1. The second-order valence-electron chi connectivity index (χ2n) is 6.49. The van der Waals surface area contributed by atoms with E-state index in [1.165, 1.54) is 6.92 Å². The van der Waals surface area contributed by atoms with Gasteiger partial charge in [0.2, 0.25) is 0 Å². The lowest BCUT2D eigenvalue weighted by Gasteiger charge is -2.24. The highest BCUT2D eigenvalue weighted by Crippen LogP contribution is 2.77. The van der Waals surface area contributed by atoms with E-state index in [0.717, 1.165) is 4.47 Å². The average molecular weight is 400 g/mol. The lowest BCUT2D eigenvalue weighted by atomic mass is 9.87. The molecule has 0 amide bonds. The maximum Gasteiger partial charge on any atom is 0.324 e. The van der Waals surface area contributed by atoms with E-state index in [1.807, 2.05) is 0 Å². The zero-order valence-corrected chi connectivity index (χ0v) is 14.7. The molecule has 0 saturated heterocycles.